The Morgan fingerprint density at radius 1 is 1.05 bits per heavy atom. The summed E-state index contributed by atoms with van der Waals surface area (Å²) in [6.45, 7) is 5.01. The van der Waals surface area contributed by atoms with Crippen LogP contribution in [-0.4, -0.2) is 17.0 Å². The Morgan fingerprint density at radius 3 is 2.45 bits per heavy atom. The fourth-order valence-corrected chi connectivity index (χ4v) is 2.94. The van der Waals surface area contributed by atoms with Crippen LogP contribution in [0.2, 0.25) is 0 Å². The highest BCUT2D eigenvalue weighted by atomic mass is 16.2. The van der Waals surface area contributed by atoms with Gasteiger partial charge in [-0.3, -0.25) is 4.79 Å². The number of benzene rings is 2. The van der Waals surface area contributed by atoms with Crippen molar-refractivity contribution in [1.82, 2.24) is 4.90 Å². The molecule has 0 aliphatic carbocycles. The number of nitrogens with one attached hydrogen (secondary N) is 1. The highest BCUT2D eigenvalue weighted by Gasteiger charge is 2.31. The van der Waals surface area contributed by atoms with E-state index in [-0.39, 0.29) is 12.1 Å². The highest BCUT2D eigenvalue weighted by molar-refractivity contribution is 6.01. The molecule has 0 bridgehead atoms. The van der Waals surface area contributed by atoms with Crippen molar-refractivity contribution in [1.29, 1.82) is 0 Å². The summed E-state index contributed by atoms with van der Waals surface area (Å²) >= 11 is 0. The van der Waals surface area contributed by atoms with Gasteiger partial charge in [0.15, 0.2) is 0 Å². The third-order valence-electron chi connectivity index (χ3n) is 4.01. The minimum Gasteiger partial charge on any atom is -0.364 e. The van der Waals surface area contributed by atoms with Crippen LogP contribution in [0.4, 0.5) is 5.69 Å². The van der Waals surface area contributed by atoms with Crippen molar-refractivity contribution in [3.63, 3.8) is 0 Å². The molecule has 1 N–H and O–H groups in total. The lowest BCUT2D eigenvalue weighted by Crippen LogP contribution is -2.48. The van der Waals surface area contributed by atoms with E-state index in [9.17, 15) is 4.79 Å². The molecule has 3 rings (SSSR count). The fraction of sp³-hybridized carbons (Fsp3) is 0.316. The van der Waals surface area contributed by atoms with Crippen LogP contribution in [0.5, 0.6) is 0 Å². The van der Waals surface area contributed by atoms with Gasteiger partial charge in [0.05, 0.1) is 5.56 Å². The van der Waals surface area contributed by atoms with Crippen molar-refractivity contribution >= 4 is 11.6 Å². The normalized spacial score (nSPS) is 17.3. The zero-order valence-corrected chi connectivity index (χ0v) is 13.1. The van der Waals surface area contributed by atoms with Crippen molar-refractivity contribution in [2.75, 3.05) is 5.32 Å². The second kappa shape index (κ2) is 6.22. The number of rotatable bonds is 4. The molecule has 1 aliphatic heterocycles. The molecule has 1 aliphatic rings. The molecule has 3 nitrogen and oxygen atoms in total. The summed E-state index contributed by atoms with van der Waals surface area (Å²) in [5, 5.41) is 3.53. The fourth-order valence-electron chi connectivity index (χ4n) is 2.94. The van der Waals surface area contributed by atoms with E-state index >= 15 is 0 Å². The van der Waals surface area contributed by atoms with Gasteiger partial charge in [-0.25, -0.2) is 0 Å². The van der Waals surface area contributed by atoms with Crippen molar-refractivity contribution < 1.29 is 4.79 Å². The van der Waals surface area contributed by atoms with E-state index in [4.69, 9.17) is 0 Å². The molecule has 0 radical (unpaired) electrons. The summed E-state index contributed by atoms with van der Waals surface area (Å²) in [6.07, 6.45) is 0.981. The van der Waals surface area contributed by atoms with Gasteiger partial charge in [0.25, 0.3) is 5.91 Å². The van der Waals surface area contributed by atoms with E-state index in [2.05, 4.69) is 31.3 Å². The van der Waals surface area contributed by atoms with Crippen molar-refractivity contribution in [3.8, 4) is 0 Å². The molecular formula is C19H22N2O. The molecule has 114 valence electrons. The molecule has 2 aromatic carbocycles. The molecule has 1 amide bonds. The summed E-state index contributed by atoms with van der Waals surface area (Å²) in [4.78, 5) is 14.9. The number of anilines is 1. The number of hydrogen-bond acceptors (Lipinski definition) is 2. The Labute approximate surface area is 132 Å². The molecule has 1 atom stereocenters. The van der Waals surface area contributed by atoms with Gasteiger partial charge in [-0.05, 0) is 30.0 Å². The van der Waals surface area contributed by atoms with Crippen LogP contribution in [0.15, 0.2) is 54.6 Å². The average molecular weight is 294 g/mol. The summed E-state index contributed by atoms with van der Waals surface area (Å²) in [5.41, 5.74) is 2.87. The molecule has 0 saturated carbocycles. The van der Waals surface area contributed by atoms with Crippen LogP contribution in [0.3, 0.4) is 0 Å². The van der Waals surface area contributed by atoms with Gasteiger partial charge in [0.1, 0.15) is 6.17 Å². The topological polar surface area (TPSA) is 32.3 Å². The minimum absolute atomic E-state index is 0.0441. The van der Waals surface area contributed by atoms with E-state index in [0.717, 1.165) is 23.2 Å². The van der Waals surface area contributed by atoms with Gasteiger partial charge in [-0.15, -0.1) is 0 Å². The molecule has 0 aromatic heterocycles. The number of para-hydroxylation sites is 1. The SMILES string of the molecule is CC(C)CC1Nc2ccccc2C(=O)N1Cc1ccccc1. The lowest BCUT2D eigenvalue weighted by atomic mass is 10.0. The first-order valence-electron chi connectivity index (χ1n) is 7.85. The molecule has 0 spiro atoms. The first kappa shape index (κ1) is 14.6. The average Bonchev–Trinajstić information content (AvgIpc) is 2.52. The third kappa shape index (κ3) is 2.98. The maximum atomic E-state index is 12.9. The Morgan fingerprint density at radius 2 is 1.73 bits per heavy atom. The van der Waals surface area contributed by atoms with Gasteiger partial charge in [0, 0.05) is 12.2 Å². The van der Waals surface area contributed by atoms with Gasteiger partial charge in [-0.2, -0.15) is 0 Å². The number of hydrogen-bond donors (Lipinski definition) is 1. The van der Waals surface area contributed by atoms with Gasteiger partial charge in [-0.1, -0.05) is 56.3 Å². The van der Waals surface area contributed by atoms with Crippen LogP contribution in [0.1, 0.15) is 36.2 Å². The zero-order valence-electron chi connectivity index (χ0n) is 13.1. The second-order valence-corrected chi connectivity index (χ2v) is 6.25. The van der Waals surface area contributed by atoms with Crippen LogP contribution in [-0.2, 0) is 6.54 Å². The zero-order chi connectivity index (χ0) is 15.5. The summed E-state index contributed by atoms with van der Waals surface area (Å²) in [5.74, 6) is 0.637. The summed E-state index contributed by atoms with van der Waals surface area (Å²) in [7, 11) is 0. The van der Waals surface area contributed by atoms with E-state index in [1.165, 1.54) is 0 Å². The predicted molar refractivity (Wildman–Crippen MR) is 89.6 cm³/mol. The van der Waals surface area contributed by atoms with Crippen LogP contribution < -0.4 is 5.32 Å². The summed E-state index contributed by atoms with van der Waals surface area (Å²) < 4.78 is 0. The van der Waals surface area contributed by atoms with E-state index in [1.807, 2.05) is 47.4 Å². The largest absolute Gasteiger partial charge is 0.364 e. The quantitative estimate of drug-likeness (QED) is 0.919. The van der Waals surface area contributed by atoms with Gasteiger partial charge < -0.3 is 10.2 Å². The standard InChI is InChI=1S/C19H22N2O/c1-14(2)12-18-20-17-11-7-6-10-16(17)19(22)21(18)13-15-8-4-3-5-9-15/h3-11,14,18,20H,12-13H2,1-2H3. The lowest BCUT2D eigenvalue weighted by molar-refractivity contribution is 0.0648. The van der Waals surface area contributed by atoms with Crippen molar-refractivity contribution in [2.45, 2.75) is 33.0 Å². The van der Waals surface area contributed by atoms with Crippen molar-refractivity contribution in [3.05, 3.63) is 65.7 Å². The van der Waals surface area contributed by atoms with E-state index in [1.54, 1.807) is 0 Å². The molecule has 22 heavy (non-hydrogen) atoms. The second-order valence-electron chi connectivity index (χ2n) is 6.25. The molecule has 1 heterocycles. The van der Waals surface area contributed by atoms with Crippen LogP contribution >= 0.6 is 0 Å². The molecule has 3 heteroatoms. The number of amides is 1. The van der Waals surface area contributed by atoms with Gasteiger partial charge in [0.2, 0.25) is 0 Å². The smallest absolute Gasteiger partial charge is 0.257 e. The minimum atomic E-state index is 0.0441. The molecule has 1 unspecified atom stereocenters. The summed E-state index contributed by atoms with van der Waals surface area (Å²) in [6, 6.07) is 17.9. The molecule has 2 aromatic rings. The highest BCUT2D eigenvalue weighted by Crippen LogP contribution is 2.28. The van der Waals surface area contributed by atoms with Crippen LogP contribution in [0.25, 0.3) is 0 Å². The first-order valence-corrected chi connectivity index (χ1v) is 7.85. The predicted octanol–water partition coefficient (Wildman–Crippen LogP) is 4.13. The van der Waals surface area contributed by atoms with Gasteiger partial charge >= 0.3 is 0 Å². The first-order chi connectivity index (χ1) is 10.6. The number of fused-ring (bicyclic) bond motifs is 1. The maximum absolute atomic E-state index is 12.9. The molecular weight excluding hydrogens is 272 g/mol. The number of nitrogens with zero attached hydrogens (tertiary/aromatic N) is 1. The Kier molecular flexibility index (Phi) is 4.14. The maximum Gasteiger partial charge on any atom is 0.257 e. The van der Waals surface area contributed by atoms with E-state index < -0.39 is 0 Å². The van der Waals surface area contributed by atoms with Crippen LogP contribution in [0, 0.1) is 5.92 Å². The third-order valence-corrected chi connectivity index (χ3v) is 4.01. The Balaban J connectivity index is 1.91. The molecule has 0 fully saturated rings. The lowest BCUT2D eigenvalue weighted by Gasteiger charge is -2.39. The molecule has 0 saturated heterocycles. The Bertz CT molecular complexity index is 651. The Hall–Kier alpha value is -2.29. The number of carbonyl (C=O) groups excluding carboxylic acids is 1. The van der Waals surface area contributed by atoms with E-state index in [0.29, 0.717) is 12.5 Å². The number of carbonyl (C=O) groups is 1. The monoisotopic (exact) mass is 294 g/mol. The van der Waals surface area contributed by atoms with Crippen molar-refractivity contribution in [2.24, 2.45) is 5.92 Å².